The minimum absolute atomic E-state index is 0.0336. The second-order valence-corrected chi connectivity index (χ2v) is 6.73. The van der Waals surface area contributed by atoms with Gasteiger partial charge in [-0.15, -0.1) is 10.2 Å². The molecule has 3 aromatic rings. The number of carbonyl (C=O) groups excluding carboxylic acids is 1. The summed E-state index contributed by atoms with van der Waals surface area (Å²) < 4.78 is 15.1. The van der Waals surface area contributed by atoms with Gasteiger partial charge in [0.2, 0.25) is 5.91 Å². The molecule has 0 spiro atoms. The molecule has 1 heterocycles. The first-order valence-corrected chi connectivity index (χ1v) is 9.31. The van der Waals surface area contributed by atoms with Crippen LogP contribution in [-0.4, -0.2) is 26.4 Å². The normalized spacial score (nSPS) is 10.7. The van der Waals surface area contributed by atoms with Crippen molar-refractivity contribution in [2.24, 2.45) is 0 Å². The van der Waals surface area contributed by atoms with E-state index >= 15 is 0 Å². The molecule has 0 saturated carbocycles. The molecule has 0 unspecified atom stereocenters. The summed E-state index contributed by atoms with van der Waals surface area (Å²) in [6.45, 7) is 2.69. The second-order valence-electron chi connectivity index (χ2n) is 5.38. The third-order valence-corrected chi connectivity index (χ3v) is 4.86. The summed E-state index contributed by atoms with van der Waals surface area (Å²) in [5.74, 6) is 0.163. The van der Waals surface area contributed by atoms with Crippen molar-refractivity contribution in [2.45, 2.75) is 18.6 Å². The van der Waals surface area contributed by atoms with E-state index in [1.807, 2.05) is 41.8 Å². The number of carbonyl (C=O) groups is 1. The van der Waals surface area contributed by atoms with E-state index in [0.29, 0.717) is 17.4 Å². The van der Waals surface area contributed by atoms with Crippen LogP contribution >= 0.6 is 23.4 Å². The van der Waals surface area contributed by atoms with Crippen molar-refractivity contribution in [2.75, 3.05) is 11.1 Å². The molecule has 134 valence electrons. The summed E-state index contributed by atoms with van der Waals surface area (Å²) in [5, 5.41) is 11.8. The predicted molar refractivity (Wildman–Crippen MR) is 102 cm³/mol. The van der Waals surface area contributed by atoms with Crippen LogP contribution in [0.4, 0.5) is 10.1 Å². The Hall–Kier alpha value is -2.38. The lowest BCUT2D eigenvalue weighted by Crippen LogP contribution is -2.14. The minimum atomic E-state index is -0.525. The van der Waals surface area contributed by atoms with Gasteiger partial charge in [0.25, 0.3) is 0 Å². The van der Waals surface area contributed by atoms with E-state index in [-0.39, 0.29) is 16.7 Å². The van der Waals surface area contributed by atoms with Gasteiger partial charge in [-0.05, 0) is 25.1 Å². The summed E-state index contributed by atoms with van der Waals surface area (Å²) >= 11 is 7.01. The van der Waals surface area contributed by atoms with E-state index in [2.05, 4.69) is 15.5 Å². The summed E-state index contributed by atoms with van der Waals surface area (Å²) in [5.41, 5.74) is 1.42. The van der Waals surface area contributed by atoms with Gasteiger partial charge in [0.05, 0.1) is 10.8 Å². The van der Waals surface area contributed by atoms with Gasteiger partial charge in [-0.2, -0.15) is 0 Å². The molecular formula is C18H16ClFN4OS. The summed E-state index contributed by atoms with van der Waals surface area (Å²) in [6, 6.07) is 13.8. The molecule has 1 aromatic heterocycles. The molecule has 0 aliphatic rings. The Morgan fingerprint density at radius 1 is 1.23 bits per heavy atom. The first-order valence-electron chi connectivity index (χ1n) is 7.94. The quantitative estimate of drug-likeness (QED) is 0.630. The molecule has 2 aromatic carbocycles. The van der Waals surface area contributed by atoms with Gasteiger partial charge in [0.15, 0.2) is 11.0 Å². The molecule has 26 heavy (non-hydrogen) atoms. The number of rotatable bonds is 6. The van der Waals surface area contributed by atoms with E-state index < -0.39 is 5.82 Å². The highest BCUT2D eigenvalue weighted by Gasteiger charge is 2.14. The molecule has 0 aliphatic heterocycles. The lowest BCUT2D eigenvalue weighted by atomic mass is 10.2. The van der Waals surface area contributed by atoms with Gasteiger partial charge in [-0.25, -0.2) is 4.39 Å². The molecule has 0 saturated heterocycles. The molecule has 0 fully saturated rings. The fourth-order valence-corrected chi connectivity index (χ4v) is 3.37. The van der Waals surface area contributed by atoms with Crippen LogP contribution in [0.2, 0.25) is 5.02 Å². The Balaban J connectivity index is 1.67. The third kappa shape index (κ3) is 4.23. The highest BCUT2D eigenvalue weighted by atomic mass is 35.5. The van der Waals surface area contributed by atoms with E-state index in [0.717, 1.165) is 11.4 Å². The third-order valence-electron chi connectivity index (χ3n) is 3.60. The molecule has 0 aliphatic carbocycles. The van der Waals surface area contributed by atoms with Crippen molar-refractivity contribution in [1.29, 1.82) is 0 Å². The number of hydrogen-bond acceptors (Lipinski definition) is 4. The van der Waals surface area contributed by atoms with Gasteiger partial charge in [-0.1, -0.05) is 53.7 Å². The number of nitrogens with zero attached hydrogens (tertiary/aromatic N) is 3. The minimum Gasteiger partial charge on any atom is -0.325 e. The highest BCUT2D eigenvalue weighted by Crippen LogP contribution is 2.24. The summed E-state index contributed by atoms with van der Waals surface area (Å²) in [6.07, 6.45) is 0. The zero-order valence-electron chi connectivity index (χ0n) is 13.9. The van der Waals surface area contributed by atoms with Crippen LogP contribution in [-0.2, 0) is 11.3 Å². The fourth-order valence-electron chi connectivity index (χ4n) is 2.38. The van der Waals surface area contributed by atoms with E-state index in [1.54, 1.807) is 0 Å². The Morgan fingerprint density at radius 2 is 2.00 bits per heavy atom. The van der Waals surface area contributed by atoms with Crippen LogP contribution in [0.3, 0.4) is 0 Å². The van der Waals surface area contributed by atoms with E-state index in [4.69, 9.17) is 11.6 Å². The van der Waals surface area contributed by atoms with Crippen molar-refractivity contribution in [1.82, 2.24) is 14.8 Å². The van der Waals surface area contributed by atoms with Crippen LogP contribution in [0.15, 0.2) is 53.7 Å². The van der Waals surface area contributed by atoms with Crippen molar-refractivity contribution in [3.8, 4) is 11.4 Å². The van der Waals surface area contributed by atoms with Crippen molar-refractivity contribution in [3.05, 3.63) is 59.4 Å². The molecule has 8 heteroatoms. The Bertz CT molecular complexity index is 917. The number of thioether (sulfide) groups is 1. The summed E-state index contributed by atoms with van der Waals surface area (Å²) in [4.78, 5) is 12.1. The number of hydrogen-bond donors (Lipinski definition) is 1. The predicted octanol–water partition coefficient (Wildman–Crippen LogP) is 4.49. The second kappa shape index (κ2) is 8.33. The van der Waals surface area contributed by atoms with Gasteiger partial charge >= 0.3 is 0 Å². The first-order chi connectivity index (χ1) is 12.6. The fraction of sp³-hybridized carbons (Fsp3) is 0.167. The maximum atomic E-state index is 13.2. The van der Waals surface area contributed by atoms with Gasteiger partial charge in [0, 0.05) is 17.8 Å². The van der Waals surface area contributed by atoms with Gasteiger partial charge in [0.1, 0.15) is 5.82 Å². The van der Waals surface area contributed by atoms with E-state index in [1.165, 1.54) is 30.0 Å². The van der Waals surface area contributed by atoms with Crippen molar-refractivity contribution in [3.63, 3.8) is 0 Å². The average Bonchev–Trinajstić information content (AvgIpc) is 3.07. The maximum absolute atomic E-state index is 13.2. The molecule has 0 radical (unpaired) electrons. The monoisotopic (exact) mass is 390 g/mol. The molecule has 3 rings (SSSR count). The Kier molecular flexibility index (Phi) is 5.90. The largest absolute Gasteiger partial charge is 0.325 e. The smallest absolute Gasteiger partial charge is 0.234 e. The maximum Gasteiger partial charge on any atom is 0.234 e. The lowest BCUT2D eigenvalue weighted by molar-refractivity contribution is -0.113. The van der Waals surface area contributed by atoms with Crippen molar-refractivity contribution >= 4 is 35.0 Å². The molecule has 0 atom stereocenters. The molecule has 5 nitrogen and oxygen atoms in total. The number of aromatic nitrogens is 3. The molecular weight excluding hydrogens is 375 g/mol. The van der Waals surface area contributed by atoms with Crippen LogP contribution in [0.25, 0.3) is 11.4 Å². The van der Waals surface area contributed by atoms with Gasteiger partial charge < -0.3 is 9.88 Å². The number of halogens is 2. The Morgan fingerprint density at radius 3 is 2.69 bits per heavy atom. The number of anilines is 1. The standard InChI is InChI=1S/C18H16ClFN4OS/c1-2-24-17(12-6-4-3-5-7-12)22-23-18(24)26-11-16(25)21-13-8-9-15(20)14(19)10-13/h3-10H,2,11H2,1H3,(H,21,25). The van der Waals surface area contributed by atoms with Crippen LogP contribution in [0.5, 0.6) is 0 Å². The van der Waals surface area contributed by atoms with Crippen LogP contribution in [0.1, 0.15) is 6.92 Å². The van der Waals surface area contributed by atoms with Crippen molar-refractivity contribution < 1.29 is 9.18 Å². The molecule has 1 amide bonds. The highest BCUT2D eigenvalue weighted by molar-refractivity contribution is 7.99. The average molecular weight is 391 g/mol. The van der Waals surface area contributed by atoms with Crippen LogP contribution < -0.4 is 5.32 Å². The van der Waals surface area contributed by atoms with E-state index in [9.17, 15) is 9.18 Å². The zero-order chi connectivity index (χ0) is 18.5. The van der Waals surface area contributed by atoms with Gasteiger partial charge in [-0.3, -0.25) is 4.79 Å². The number of amides is 1. The summed E-state index contributed by atoms with van der Waals surface area (Å²) in [7, 11) is 0. The topological polar surface area (TPSA) is 59.8 Å². The van der Waals surface area contributed by atoms with Crippen LogP contribution in [0, 0.1) is 5.82 Å². The molecule has 0 bridgehead atoms. The molecule has 1 N–H and O–H groups in total. The SMILES string of the molecule is CCn1c(SCC(=O)Nc2ccc(F)c(Cl)c2)nnc1-c1ccccc1. The first kappa shape index (κ1) is 18.4. The lowest BCUT2D eigenvalue weighted by Gasteiger charge is -2.08. The Labute approximate surface area is 159 Å². The number of benzene rings is 2. The zero-order valence-corrected chi connectivity index (χ0v) is 15.5. The number of nitrogens with one attached hydrogen (secondary N) is 1.